The number of halogens is 3. The third kappa shape index (κ3) is 4.10. The highest BCUT2D eigenvalue weighted by atomic mass is 35.5. The van der Waals surface area contributed by atoms with E-state index in [1.54, 1.807) is 0 Å². The van der Waals surface area contributed by atoms with Gasteiger partial charge in [0, 0.05) is 12.5 Å². The number of carboxylic acid groups (broad SMARTS) is 1. The van der Waals surface area contributed by atoms with E-state index in [0.29, 0.717) is 10.9 Å². The third-order valence-corrected chi connectivity index (χ3v) is 3.00. The van der Waals surface area contributed by atoms with Gasteiger partial charge in [-0.3, -0.25) is 14.4 Å². The zero-order chi connectivity index (χ0) is 17.9. The Morgan fingerprint density at radius 2 is 1.92 bits per heavy atom. The summed E-state index contributed by atoms with van der Waals surface area (Å²) < 4.78 is 26.3. The smallest absolute Gasteiger partial charge is 0.303 e. The van der Waals surface area contributed by atoms with Gasteiger partial charge in [0.05, 0.1) is 12.1 Å². The molecule has 0 saturated heterocycles. The molecule has 0 radical (unpaired) electrons. The molecule has 0 spiro atoms. The van der Waals surface area contributed by atoms with E-state index >= 15 is 0 Å². The number of hydrogen-bond donors (Lipinski definition) is 2. The summed E-state index contributed by atoms with van der Waals surface area (Å²) in [6.07, 6.45) is -0.839. The van der Waals surface area contributed by atoms with Crippen LogP contribution in [0.3, 0.4) is 0 Å². The van der Waals surface area contributed by atoms with Crippen molar-refractivity contribution in [2.45, 2.75) is 12.8 Å². The molecule has 1 aromatic heterocycles. The van der Waals surface area contributed by atoms with Gasteiger partial charge < -0.3 is 10.4 Å². The lowest BCUT2D eigenvalue weighted by Crippen LogP contribution is -2.18. The van der Waals surface area contributed by atoms with E-state index in [0.717, 1.165) is 12.1 Å². The summed E-state index contributed by atoms with van der Waals surface area (Å²) in [5, 5.41) is 17.2. The molecular formula is C13H9ClF2N4O4. The minimum Gasteiger partial charge on any atom is -0.481 e. The van der Waals surface area contributed by atoms with Gasteiger partial charge >= 0.3 is 5.97 Å². The van der Waals surface area contributed by atoms with Crippen LogP contribution in [0.15, 0.2) is 18.2 Å². The van der Waals surface area contributed by atoms with Gasteiger partial charge in [0.15, 0.2) is 10.8 Å². The standard InChI is InChI=1S/C13H9ClF2N4O4/c14-12-11(18-20(19-12)9(21)3-4-10(22)23)13(24)17-8-2-1-6(15)5-7(8)16/h1-2,5H,3-4H2,(H,17,24)(H,22,23). The number of rotatable bonds is 5. The van der Waals surface area contributed by atoms with Crippen molar-refractivity contribution in [2.24, 2.45) is 0 Å². The molecule has 0 aliphatic carbocycles. The second kappa shape index (κ2) is 7.13. The summed E-state index contributed by atoms with van der Waals surface area (Å²) >= 11 is 5.70. The van der Waals surface area contributed by atoms with Gasteiger partial charge in [-0.05, 0) is 12.1 Å². The van der Waals surface area contributed by atoms with Gasteiger partial charge in [-0.1, -0.05) is 11.6 Å². The van der Waals surface area contributed by atoms with Crippen LogP contribution in [0.2, 0.25) is 5.15 Å². The first kappa shape index (κ1) is 17.5. The van der Waals surface area contributed by atoms with Crippen LogP contribution >= 0.6 is 11.6 Å². The van der Waals surface area contributed by atoms with Crippen molar-refractivity contribution in [2.75, 3.05) is 5.32 Å². The highest BCUT2D eigenvalue weighted by Crippen LogP contribution is 2.18. The van der Waals surface area contributed by atoms with Gasteiger partial charge in [0.25, 0.3) is 11.8 Å². The Bertz CT molecular complexity index is 824. The van der Waals surface area contributed by atoms with Crippen molar-refractivity contribution in [3.63, 3.8) is 0 Å². The molecule has 0 aliphatic rings. The van der Waals surface area contributed by atoms with E-state index in [1.165, 1.54) is 0 Å². The van der Waals surface area contributed by atoms with Crippen LogP contribution in [0.1, 0.15) is 28.1 Å². The molecule has 0 bridgehead atoms. The molecule has 0 unspecified atom stereocenters. The van der Waals surface area contributed by atoms with Crippen molar-refractivity contribution in [1.29, 1.82) is 0 Å². The Morgan fingerprint density at radius 3 is 2.54 bits per heavy atom. The number of benzene rings is 1. The number of anilines is 1. The summed E-state index contributed by atoms with van der Waals surface area (Å²) in [5.41, 5.74) is -0.784. The van der Waals surface area contributed by atoms with Crippen LogP contribution < -0.4 is 5.32 Å². The van der Waals surface area contributed by atoms with Crippen molar-refractivity contribution in [1.82, 2.24) is 15.0 Å². The maximum absolute atomic E-state index is 13.5. The highest BCUT2D eigenvalue weighted by Gasteiger charge is 2.21. The molecule has 2 N–H and O–H groups in total. The molecule has 0 aliphatic heterocycles. The van der Waals surface area contributed by atoms with Gasteiger partial charge in [0.1, 0.15) is 11.6 Å². The van der Waals surface area contributed by atoms with E-state index in [-0.39, 0.29) is 5.69 Å². The van der Waals surface area contributed by atoms with E-state index < -0.39 is 53.1 Å². The minimum atomic E-state index is -1.19. The second-order valence-corrected chi connectivity index (χ2v) is 4.85. The predicted octanol–water partition coefficient (Wildman–Crippen LogP) is 1.97. The zero-order valence-corrected chi connectivity index (χ0v) is 12.5. The van der Waals surface area contributed by atoms with E-state index in [1.807, 2.05) is 0 Å². The number of carbonyl (C=O) groups excluding carboxylic acids is 2. The van der Waals surface area contributed by atoms with Crippen LogP contribution in [0.5, 0.6) is 0 Å². The highest BCUT2D eigenvalue weighted by molar-refractivity contribution is 6.33. The Morgan fingerprint density at radius 1 is 1.21 bits per heavy atom. The van der Waals surface area contributed by atoms with Crippen LogP contribution in [0, 0.1) is 11.6 Å². The fourth-order valence-corrected chi connectivity index (χ4v) is 1.82. The van der Waals surface area contributed by atoms with Gasteiger partial charge in [0.2, 0.25) is 0 Å². The number of carbonyl (C=O) groups is 3. The summed E-state index contributed by atoms with van der Waals surface area (Å²) in [6, 6.07) is 2.51. The predicted molar refractivity (Wildman–Crippen MR) is 76.8 cm³/mol. The number of aliphatic carboxylic acids is 1. The second-order valence-electron chi connectivity index (χ2n) is 4.49. The fraction of sp³-hybridized carbons (Fsp3) is 0.154. The molecule has 24 heavy (non-hydrogen) atoms. The van der Waals surface area contributed by atoms with E-state index in [2.05, 4.69) is 15.5 Å². The van der Waals surface area contributed by atoms with Crippen LogP contribution in [0.25, 0.3) is 0 Å². The Kier molecular flexibility index (Phi) is 5.19. The molecule has 1 aromatic carbocycles. The van der Waals surface area contributed by atoms with Gasteiger partial charge in [-0.25, -0.2) is 8.78 Å². The van der Waals surface area contributed by atoms with E-state index in [9.17, 15) is 23.2 Å². The molecule has 0 saturated carbocycles. The maximum atomic E-state index is 13.5. The fourth-order valence-electron chi connectivity index (χ4n) is 1.63. The van der Waals surface area contributed by atoms with Crippen molar-refractivity contribution >= 4 is 35.1 Å². The van der Waals surface area contributed by atoms with Gasteiger partial charge in [-0.2, -0.15) is 0 Å². The van der Waals surface area contributed by atoms with Gasteiger partial charge in [-0.15, -0.1) is 15.0 Å². The summed E-state index contributed by atoms with van der Waals surface area (Å²) in [4.78, 5) is 34.6. The normalized spacial score (nSPS) is 10.5. The lowest BCUT2D eigenvalue weighted by atomic mass is 10.3. The largest absolute Gasteiger partial charge is 0.481 e. The lowest BCUT2D eigenvalue weighted by molar-refractivity contribution is -0.137. The first-order valence-electron chi connectivity index (χ1n) is 6.42. The molecule has 126 valence electrons. The molecule has 0 fully saturated rings. The molecule has 1 heterocycles. The molecule has 1 amide bonds. The number of nitrogens with zero attached hydrogens (tertiary/aromatic N) is 3. The Hall–Kier alpha value is -2.88. The lowest BCUT2D eigenvalue weighted by Gasteiger charge is -2.04. The zero-order valence-electron chi connectivity index (χ0n) is 11.8. The molecule has 0 atom stereocenters. The van der Waals surface area contributed by atoms with Crippen LogP contribution in [0.4, 0.5) is 14.5 Å². The number of carboxylic acids is 1. The third-order valence-electron chi connectivity index (χ3n) is 2.74. The van der Waals surface area contributed by atoms with Crippen molar-refractivity contribution in [3.8, 4) is 0 Å². The summed E-state index contributed by atoms with van der Waals surface area (Å²) in [6.45, 7) is 0. The SMILES string of the molecule is O=C(O)CCC(=O)n1nc(Cl)c(C(=O)Nc2ccc(F)cc2F)n1. The topological polar surface area (TPSA) is 114 Å². The number of amides is 1. The average Bonchev–Trinajstić information content (AvgIpc) is 2.89. The average molecular weight is 359 g/mol. The molecular weight excluding hydrogens is 350 g/mol. The van der Waals surface area contributed by atoms with E-state index in [4.69, 9.17) is 16.7 Å². The molecule has 2 rings (SSSR count). The monoisotopic (exact) mass is 358 g/mol. The maximum Gasteiger partial charge on any atom is 0.303 e. The summed E-state index contributed by atoms with van der Waals surface area (Å²) in [7, 11) is 0. The Balaban J connectivity index is 2.15. The first-order valence-corrected chi connectivity index (χ1v) is 6.80. The Labute approximate surface area is 138 Å². The van der Waals surface area contributed by atoms with Crippen molar-refractivity contribution < 1.29 is 28.3 Å². The number of aromatic nitrogens is 3. The van der Waals surface area contributed by atoms with Crippen LogP contribution in [-0.4, -0.2) is 37.9 Å². The first-order chi connectivity index (χ1) is 11.3. The summed E-state index contributed by atoms with van der Waals surface area (Å²) in [5.74, 6) is -4.77. The van der Waals surface area contributed by atoms with Crippen LogP contribution in [-0.2, 0) is 4.79 Å². The minimum absolute atomic E-state index is 0.316. The molecule has 2 aromatic rings. The van der Waals surface area contributed by atoms with Crippen molar-refractivity contribution in [3.05, 3.63) is 40.7 Å². The number of nitrogens with one attached hydrogen (secondary N) is 1. The molecule has 11 heteroatoms. The molecule has 8 nitrogen and oxygen atoms in total. The quantitative estimate of drug-likeness (QED) is 0.844. The number of hydrogen-bond acceptors (Lipinski definition) is 5.